The first-order valence-electron chi connectivity index (χ1n) is 16.3. The van der Waals surface area contributed by atoms with Crippen LogP contribution in [0.25, 0.3) is 0 Å². The Labute approximate surface area is 270 Å². The minimum atomic E-state index is -1.20. The van der Waals surface area contributed by atoms with Gasteiger partial charge in [0.1, 0.15) is 6.04 Å². The quantitative estimate of drug-likeness (QED) is 0.139. The van der Waals surface area contributed by atoms with Gasteiger partial charge in [0, 0.05) is 39.4 Å². The highest BCUT2D eigenvalue weighted by atomic mass is 16.3. The normalized spacial score (nSPS) is 16.8. The average molecular weight is 623 g/mol. The van der Waals surface area contributed by atoms with Gasteiger partial charge in [0.2, 0.25) is 17.7 Å². The number of benzene rings is 1. The second-order valence-electron chi connectivity index (χ2n) is 12.7. The first-order chi connectivity index (χ1) is 21.5. The minimum Gasteiger partial charge on any atom is -0.390 e. The molecule has 3 amide bonds. The van der Waals surface area contributed by atoms with Crippen LogP contribution in [0.4, 0.5) is 0 Å². The molecule has 0 saturated heterocycles. The van der Waals surface area contributed by atoms with Gasteiger partial charge in [-0.25, -0.2) is 0 Å². The largest absolute Gasteiger partial charge is 0.390 e. The molecule has 0 bridgehead atoms. The number of amides is 3. The Bertz CT molecular complexity index is 1120. The third-order valence-electron chi connectivity index (χ3n) is 8.65. The molecule has 9 heteroatoms. The number of carbonyl (C=O) groups is 3. The molecule has 1 aromatic carbocycles. The maximum Gasteiger partial charge on any atom is 0.243 e. The van der Waals surface area contributed by atoms with Crippen molar-refractivity contribution in [2.75, 3.05) is 34.2 Å². The zero-order valence-corrected chi connectivity index (χ0v) is 27.4. The fraction of sp³-hybridized carbons (Fsp3) is 0.639. The fourth-order valence-electron chi connectivity index (χ4n) is 5.82. The third kappa shape index (κ3) is 14.1. The topological polar surface area (TPSA) is 122 Å². The van der Waals surface area contributed by atoms with E-state index in [4.69, 9.17) is 12.8 Å². The fourth-order valence-corrected chi connectivity index (χ4v) is 5.82. The van der Waals surface area contributed by atoms with Crippen LogP contribution < -0.4 is 10.6 Å². The van der Waals surface area contributed by atoms with E-state index in [9.17, 15) is 24.6 Å². The number of terminal acetylenes is 2. The van der Waals surface area contributed by atoms with Gasteiger partial charge in [0.15, 0.2) is 0 Å². The van der Waals surface area contributed by atoms with Crippen LogP contribution in [0.15, 0.2) is 30.3 Å². The van der Waals surface area contributed by atoms with E-state index in [1.807, 2.05) is 49.3 Å². The van der Waals surface area contributed by atoms with Gasteiger partial charge in [-0.15, -0.1) is 24.7 Å². The van der Waals surface area contributed by atoms with E-state index in [-0.39, 0.29) is 18.7 Å². The summed E-state index contributed by atoms with van der Waals surface area (Å²) in [5, 5.41) is 27.6. The van der Waals surface area contributed by atoms with Crippen molar-refractivity contribution in [1.29, 1.82) is 0 Å². The Morgan fingerprint density at radius 3 is 2.27 bits per heavy atom. The van der Waals surface area contributed by atoms with E-state index in [1.54, 1.807) is 11.9 Å². The summed E-state index contributed by atoms with van der Waals surface area (Å²) in [6, 6.07) is 7.66. The highest BCUT2D eigenvalue weighted by molar-refractivity contribution is 5.91. The van der Waals surface area contributed by atoms with Crippen molar-refractivity contribution in [2.45, 2.75) is 101 Å². The SMILES string of the molecule is C#CCCCC(O)C(O)C(CC1CCCCC1)NC(=O)C(CC#C)NC(=O)C(CC(=O)N(C)CCN(C)C)Cc1ccccc1. The van der Waals surface area contributed by atoms with Crippen LogP contribution >= 0.6 is 0 Å². The highest BCUT2D eigenvalue weighted by Crippen LogP contribution is 2.29. The van der Waals surface area contributed by atoms with Gasteiger partial charge in [-0.3, -0.25) is 14.4 Å². The average Bonchev–Trinajstić information content (AvgIpc) is 3.03. The molecule has 1 fully saturated rings. The molecule has 0 radical (unpaired) electrons. The lowest BCUT2D eigenvalue weighted by molar-refractivity contribution is -0.136. The number of hydrogen-bond acceptors (Lipinski definition) is 6. The van der Waals surface area contributed by atoms with Gasteiger partial charge in [-0.2, -0.15) is 0 Å². The Kier molecular flexibility index (Phi) is 17.3. The van der Waals surface area contributed by atoms with Crippen LogP contribution in [-0.4, -0.2) is 96.3 Å². The molecule has 1 aromatic rings. The van der Waals surface area contributed by atoms with E-state index in [1.165, 1.54) is 6.42 Å². The van der Waals surface area contributed by atoms with Crippen molar-refractivity contribution in [3.05, 3.63) is 35.9 Å². The molecule has 2 rings (SSSR count). The van der Waals surface area contributed by atoms with Gasteiger partial charge in [0.25, 0.3) is 0 Å². The maximum atomic E-state index is 13.7. The van der Waals surface area contributed by atoms with E-state index >= 15 is 0 Å². The lowest BCUT2D eigenvalue weighted by Gasteiger charge is -2.33. The summed E-state index contributed by atoms with van der Waals surface area (Å²) in [5.41, 5.74) is 0.897. The zero-order valence-electron chi connectivity index (χ0n) is 27.4. The molecule has 45 heavy (non-hydrogen) atoms. The molecule has 0 heterocycles. The summed E-state index contributed by atoms with van der Waals surface area (Å²) < 4.78 is 0. The van der Waals surface area contributed by atoms with Gasteiger partial charge >= 0.3 is 0 Å². The van der Waals surface area contributed by atoms with Crippen LogP contribution in [0.3, 0.4) is 0 Å². The highest BCUT2D eigenvalue weighted by Gasteiger charge is 2.34. The van der Waals surface area contributed by atoms with E-state index in [2.05, 4.69) is 22.5 Å². The van der Waals surface area contributed by atoms with Crippen LogP contribution in [0.1, 0.15) is 76.2 Å². The van der Waals surface area contributed by atoms with Crippen molar-refractivity contribution in [3.8, 4) is 24.7 Å². The lowest BCUT2D eigenvalue weighted by Crippen LogP contribution is -2.56. The number of aliphatic hydroxyl groups is 2. The molecule has 5 unspecified atom stereocenters. The van der Waals surface area contributed by atoms with Crippen molar-refractivity contribution in [3.63, 3.8) is 0 Å². The van der Waals surface area contributed by atoms with Gasteiger partial charge in [-0.05, 0) is 51.3 Å². The van der Waals surface area contributed by atoms with E-state index in [0.29, 0.717) is 51.1 Å². The van der Waals surface area contributed by atoms with Gasteiger partial charge < -0.3 is 30.6 Å². The molecule has 0 aromatic heterocycles. The number of nitrogens with zero attached hydrogens (tertiary/aromatic N) is 2. The summed E-state index contributed by atoms with van der Waals surface area (Å²) in [6.45, 7) is 1.21. The van der Waals surface area contributed by atoms with Crippen LogP contribution in [-0.2, 0) is 20.8 Å². The predicted molar refractivity (Wildman–Crippen MR) is 178 cm³/mol. The van der Waals surface area contributed by atoms with Crippen molar-refractivity contribution < 1.29 is 24.6 Å². The number of carbonyl (C=O) groups excluding carboxylic acids is 3. The second-order valence-corrected chi connectivity index (χ2v) is 12.7. The number of likely N-dealkylation sites (N-methyl/N-ethyl adjacent to an activating group) is 2. The van der Waals surface area contributed by atoms with Crippen LogP contribution in [0.5, 0.6) is 0 Å². The Morgan fingerprint density at radius 2 is 1.64 bits per heavy atom. The van der Waals surface area contributed by atoms with Crippen molar-refractivity contribution in [2.24, 2.45) is 11.8 Å². The van der Waals surface area contributed by atoms with E-state index in [0.717, 1.165) is 31.2 Å². The Hall–Kier alpha value is -3.37. The molecule has 0 spiro atoms. The molecule has 0 aliphatic heterocycles. The first kappa shape index (κ1) is 37.8. The van der Waals surface area contributed by atoms with Crippen molar-refractivity contribution in [1.82, 2.24) is 20.4 Å². The predicted octanol–water partition coefficient (Wildman–Crippen LogP) is 2.74. The van der Waals surface area contributed by atoms with Gasteiger partial charge in [-0.1, -0.05) is 62.4 Å². The molecule has 1 aliphatic carbocycles. The standard InChI is InChI=1S/C36H54N4O5/c1-6-8-11-21-32(41)34(43)31(25-28-19-14-10-15-20-28)38-36(45)30(16-7-2)37-35(44)29(24-27-17-12-9-13-18-27)26-33(42)40(5)23-22-39(3)4/h1-2,9,12-13,17-18,28-32,34,41,43H,8,10-11,14-16,19-26H2,3-5H3,(H,37,44)(H,38,45). The summed E-state index contributed by atoms with van der Waals surface area (Å²) >= 11 is 0. The summed E-state index contributed by atoms with van der Waals surface area (Å²) in [7, 11) is 5.58. The number of hydrogen-bond donors (Lipinski definition) is 4. The molecular formula is C36H54N4O5. The van der Waals surface area contributed by atoms with Crippen molar-refractivity contribution >= 4 is 17.7 Å². The molecule has 248 valence electrons. The Morgan fingerprint density at radius 1 is 0.956 bits per heavy atom. The molecule has 1 saturated carbocycles. The smallest absolute Gasteiger partial charge is 0.243 e. The minimum absolute atomic E-state index is 0.0259. The maximum absolute atomic E-state index is 13.7. The van der Waals surface area contributed by atoms with Crippen LogP contribution in [0.2, 0.25) is 0 Å². The third-order valence-corrected chi connectivity index (χ3v) is 8.65. The monoisotopic (exact) mass is 622 g/mol. The number of aliphatic hydroxyl groups excluding tert-OH is 2. The lowest BCUT2D eigenvalue weighted by atomic mass is 9.82. The molecule has 1 aliphatic rings. The van der Waals surface area contributed by atoms with Crippen LogP contribution in [0, 0.1) is 36.5 Å². The molecule has 5 atom stereocenters. The summed E-state index contributed by atoms with van der Waals surface area (Å²) in [6.07, 6.45) is 16.1. The second kappa shape index (κ2) is 20.6. The number of nitrogens with one attached hydrogen (secondary N) is 2. The Balaban J connectivity index is 2.20. The van der Waals surface area contributed by atoms with E-state index < -0.39 is 42.0 Å². The number of rotatable bonds is 19. The van der Waals surface area contributed by atoms with Gasteiger partial charge in [0.05, 0.1) is 24.2 Å². The molecule has 4 N–H and O–H groups in total. The summed E-state index contributed by atoms with van der Waals surface area (Å²) in [5.74, 6) is 3.48. The first-order valence-corrected chi connectivity index (χ1v) is 16.3. The molecule has 9 nitrogen and oxygen atoms in total. The molecular weight excluding hydrogens is 568 g/mol. The summed E-state index contributed by atoms with van der Waals surface area (Å²) in [4.78, 5) is 44.1. The number of unbranched alkanes of at least 4 members (excludes halogenated alkanes) is 1. The zero-order chi connectivity index (χ0) is 33.2.